The maximum atomic E-state index is 13.1. The normalized spacial score (nSPS) is 29.4. The average Bonchev–Trinajstić information content (AvgIpc) is 2.88. The van der Waals surface area contributed by atoms with Crippen molar-refractivity contribution in [1.29, 1.82) is 0 Å². The van der Waals surface area contributed by atoms with Gasteiger partial charge in [-0.3, -0.25) is 0 Å². The Kier molecular flexibility index (Phi) is 5.26. The van der Waals surface area contributed by atoms with Gasteiger partial charge in [0, 0.05) is 0 Å². The third-order valence-electron chi connectivity index (χ3n) is 5.29. The summed E-state index contributed by atoms with van der Waals surface area (Å²) in [7, 11) is 1.39. The molecule has 0 N–H and O–H groups in total. The first kappa shape index (κ1) is 18.5. The van der Waals surface area contributed by atoms with Gasteiger partial charge in [0.25, 0.3) is 0 Å². The average molecular weight is 408 g/mol. The summed E-state index contributed by atoms with van der Waals surface area (Å²) in [6.07, 6.45) is 3.20. The van der Waals surface area contributed by atoms with E-state index in [1.807, 2.05) is 11.0 Å². The van der Waals surface area contributed by atoms with Crippen molar-refractivity contribution in [3.63, 3.8) is 0 Å². The predicted molar refractivity (Wildman–Crippen MR) is 98.8 cm³/mol. The molecule has 1 aliphatic heterocycles. The molecule has 1 amide bonds. The van der Waals surface area contributed by atoms with Gasteiger partial charge in [-0.1, -0.05) is 0 Å². The number of rotatable bonds is 3. The summed E-state index contributed by atoms with van der Waals surface area (Å²) in [5.41, 5.74) is -0.273. The van der Waals surface area contributed by atoms with Gasteiger partial charge in [0.1, 0.15) is 0 Å². The van der Waals surface area contributed by atoms with E-state index in [4.69, 9.17) is 4.74 Å². The first-order chi connectivity index (χ1) is 11.8. The van der Waals surface area contributed by atoms with Crippen LogP contribution in [0, 0.1) is 11.8 Å². The van der Waals surface area contributed by atoms with Crippen molar-refractivity contribution in [2.75, 3.05) is 7.11 Å². The van der Waals surface area contributed by atoms with Crippen LogP contribution in [0.4, 0.5) is 0 Å². The zero-order valence-corrected chi connectivity index (χ0v) is 17.1. The van der Waals surface area contributed by atoms with Gasteiger partial charge in [-0.25, -0.2) is 0 Å². The van der Waals surface area contributed by atoms with Crippen molar-refractivity contribution in [1.82, 2.24) is 4.90 Å². The Morgan fingerprint density at radius 2 is 1.88 bits per heavy atom. The number of carbonyl (C=O) groups is 2. The zero-order chi connectivity index (χ0) is 18.2. The molecule has 1 heterocycles. The molecule has 1 aliphatic carbocycles. The van der Waals surface area contributed by atoms with Crippen LogP contribution < -0.4 is 4.46 Å². The summed E-state index contributed by atoms with van der Waals surface area (Å²) in [6, 6.07) is 10.6. The van der Waals surface area contributed by atoms with Crippen molar-refractivity contribution in [3.05, 3.63) is 30.3 Å². The number of carbonyl (C=O) groups excluding carboxylic acids is 2. The van der Waals surface area contributed by atoms with Crippen molar-refractivity contribution >= 4 is 31.3 Å². The van der Waals surface area contributed by atoms with E-state index >= 15 is 0 Å². The van der Waals surface area contributed by atoms with Crippen LogP contribution in [0.2, 0.25) is 4.82 Å². The number of esters is 1. The van der Waals surface area contributed by atoms with Crippen molar-refractivity contribution in [3.8, 4) is 0 Å². The van der Waals surface area contributed by atoms with E-state index in [0.29, 0.717) is 4.82 Å². The number of hydrogen-bond donors (Lipinski definition) is 0. The van der Waals surface area contributed by atoms with Gasteiger partial charge < -0.3 is 0 Å². The van der Waals surface area contributed by atoms with Crippen LogP contribution in [0.25, 0.3) is 0 Å². The van der Waals surface area contributed by atoms with Crippen LogP contribution in [-0.4, -0.2) is 50.4 Å². The molecule has 0 spiro atoms. The summed E-state index contributed by atoms with van der Waals surface area (Å²) in [4.78, 5) is 28.0. The van der Waals surface area contributed by atoms with Gasteiger partial charge in [0.05, 0.1) is 0 Å². The van der Waals surface area contributed by atoms with E-state index in [1.54, 1.807) is 0 Å². The molecule has 1 saturated carbocycles. The molecular weight excluding hydrogens is 381 g/mol. The Labute approximate surface area is 156 Å². The number of benzene rings is 1. The fourth-order valence-corrected chi connectivity index (χ4v) is 7.43. The van der Waals surface area contributed by atoms with E-state index in [0.717, 1.165) is 19.3 Å². The van der Waals surface area contributed by atoms with Gasteiger partial charge in [-0.2, -0.15) is 0 Å². The number of nitrogens with zero attached hydrogens (tertiary/aromatic N) is 1. The molecule has 4 nitrogen and oxygen atoms in total. The molecule has 0 radical (unpaired) electrons. The molecule has 0 aromatic heterocycles. The van der Waals surface area contributed by atoms with E-state index in [2.05, 4.69) is 45.0 Å². The monoisotopic (exact) mass is 409 g/mol. The minimum absolute atomic E-state index is 0.0369. The van der Waals surface area contributed by atoms with Gasteiger partial charge in [0.2, 0.25) is 0 Å². The third kappa shape index (κ3) is 3.49. The van der Waals surface area contributed by atoms with Gasteiger partial charge in [-0.05, 0) is 0 Å². The number of hydrogen-bond acceptors (Lipinski definition) is 3. The van der Waals surface area contributed by atoms with Crippen LogP contribution in [-0.2, 0) is 14.3 Å². The Morgan fingerprint density at radius 1 is 1.20 bits per heavy atom. The van der Waals surface area contributed by atoms with Gasteiger partial charge in [-0.15, -0.1) is 0 Å². The van der Waals surface area contributed by atoms with Crippen molar-refractivity contribution in [2.45, 2.75) is 56.4 Å². The van der Waals surface area contributed by atoms with E-state index in [1.165, 1.54) is 11.6 Å². The second-order valence-electron chi connectivity index (χ2n) is 7.92. The Bertz CT molecular complexity index is 640. The summed E-state index contributed by atoms with van der Waals surface area (Å²) in [5, 5.41) is 0. The molecule has 4 atom stereocenters. The molecule has 5 heteroatoms. The van der Waals surface area contributed by atoms with E-state index in [9.17, 15) is 9.59 Å². The molecule has 0 unspecified atom stereocenters. The number of methoxy groups -OCH3 is 1. The maximum absolute atomic E-state index is 13.1. The topological polar surface area (TPSA) is 46.6 Å². The van der Waals surface area contributed by atoms with Crippen LogP contribution in [0.3, 0.4) is 0 Å². The minimum atomic E-state index is -0.634. The number of fused-ring (bicyclic) bond motifs is 1. The molecular formula is C20H27NO3Se. The fraction of sp³-hybridized carbons (Fsp3) is 0.600. The molecule has 1 aromatic carbocycles. The number of likely N-dealkylation sites (tertiary alicyclic amines) is 1. The predicted octanol–water partition coefficient (Wildman–Crippen LogP) is 2.40. The van der Waals surface area contributed by atoms with E-state index in [-0.39, 0.29) is 44.3 Å². The first-order valence-electron chi connectivity index (χ1n) is 8.97. The Balaban J connectivity index is 1.95. The second-order valence-corrected chi connectivity index (χ2v) is 10.7. The number of amides is 1. The fourth-order valence-electron chi connectivity index (χ4n) is 4.40. The van der Waals surface area contributed by atoms with Gasteiger partial charge in [0.15, 0.2) is 0 Å². The van der Waals surface area contributed by atoms with Crippen LogP contribution in [0.15, 0.2) is 30.3 Å². The van der Waals surface area contributed by atoms with Crippen molar-refractivity contribution in [2.24, 2.45) is 11.8 Å². The third-order valence-corrected chi connectivity index (χ3v) is 8.22. The Hall–Kier alpha value is -1.32. The standard InChI is InChI=1S/C20H27NO3Se/c1-20(2,3)21-14-11-8-12-15(25-13-9-6-5-7-10-13)16(14)17(18(21)22)19(23)24-4/h5-7,9-10,14-17H,8,11-12H2,1-4H3/t14-,15-,16-,17-/m0/s1. The van der Waals surface area contributed by atoms with Crippen LogP contribution in [0.5, 0.6) is 0 Å². The zero-order valence-electron chi connectivity index (χ0n) is 15.4. The molecule has 1 aromatic rings. The molecule has 1 saturated heterocycles. The summed E-state index contributed by atoms with van der Waals surface area (Å²) >= 11 is 0.255. The Morgan fingerprint density at radius 3 is 2.48 bits per heavy atom. The SMILES string of the molecule is COC(=O)[C@@H]1C(=O)N(C(C)(C)C)[C@H]2CCC[C@H]([Se]c3ccccc3)[C@@H]12. The molecule has 136 valence electrons. The summed E-state index contributed by atoms with van der Waals surface area (Å²) in [6.45, 7) is 6.19. The quantitative estimate of drug-likeness (QED) is 0.439. The molecule has 2 aliphatic rings. The van der Waals surface area contributed by atoms with Crippen LogP contribution in [0.1, 0.15) is 40.0 Å². The molecule has 2 fully saturated rings. The van der Waals surface area contributed by atoms with E-state index < -0.39 is 5.92 Å². The van der Waals surface area contributed by atoms with Crippen molar-refractivity contribution < 1.29 is 14.3 Å². The molecule has 25 heavy (non-hydrogen) atoms. The number of ether oxygens (including phenoxy) is 1. The van der Waals surface area contributed by atoms with Crippen LogP contribution >= 0.6 is 0 Å². The van der Waals surface area contributed by atoms with Gasteiger partial charge >= 0.3 is 156 Å². The summed E-state index contributed by atoms with van der Waals surface area (Å²) in [5.74, 6) is -0.953. The first-order valence-corrected chi connectivity index (χ1v) is 10.8. The second kappa shape index (κ2) is 7.12. The molecule has 0 bridgehead atoms. The molecule has 3 rings (SSSR count). The summed E-state index contributed by atoms with van der Waals surface area (Å²) < 4.78 is 6.37.